The Kier molecular flexibility index (Phi) is 8.69. The molecule has 2 aliphatic heterocycles. The van der Waals surface area contributed by atoms with E-state index in [1.165, 1.54) is 18.2 Å². The molecular weight excluding hydrogens is 512 g/mol. The molecule has 0 amide bonds. The van der Waals surface area contributed by atoms with Crippen LogP contribution in [0.4, 0.5) is 8.78 Å². The van der Waals surface area contributed by atoms with Crippen LogP contribution in [-0.2, 0) is 9.84 Å². The molecule has 1 saturated heterocycles. The number of benzene rings is 3. The first-order valence-corrected chi connectivity index (χ1v) is 14.2. The summed E-state index contributed by atoms with van der Waals surface area (Å²) < 4.78 is 60.6. The van der Waals surface area contributed by atoms with Crippen LogP contribution in [0.3, 0.4) is 0 Å². The number of hydrogen-bond donors (Lipinski definition) is 1. The van der Waals surface area contributed by atoms with E-state index in [-0.39, 0.29) is 29.8 Å². The number of phenolic OH excluding ortho intramolecular Hbond substituents is 1. The maximum absolute atomic E-state index is 13.8. The first kappa shape index (κ1) is 27.6. The van der Waals surface area contributed by atoms with Crippen molar-refractivity contribution in [3.8, 4) is 17.2 Å². The largest absolute Gasteiger partial charge is 0.508 e. The smallest absolute Gasteiger partial charge is 0.175 e. The SMILES string of the molecule is CC1=C(c2cc(F)cc(S(C)(=O)=O)c2)COc2ccc(O)cc21.FCC1CN(CCOc2ccccc2)C1. The third kappa shape index (κ3) is 6.90. The summed E-state index contributed by atoms with van der Waals surface area (Å²) in [5.74, 6) is 1.28. The molecular formula is C29H31F2NO5S. The number of rotatable bonds is 7. The van der Waals surface area contributed by atoms with Gasteiger partial charge in [-0.25, -0.2) is 12.8 Å². The second kappa shape index (κ2) is 12.0. The fourth-order valence-electron chi connectivity index (χ4n) is 4.37. The van der Waals surface area contributed by atoms with Crippen molar-refractivity contribution in [1.82, 2.24) is 4.90 Å². The van der Waals surface area contributed by atoms with Gasteiger partial charge in [0.25, 0.3) is 0 Å². The molecule has 0 aliphatic carbocycles. The van der Waals surface area contributed by atoms with Crippen LogP contribution in [-0.4, -0.2) is 64.2 Å². The lowest BCUT2D eigenvalue weighted by atomic mass is 9.93. The summed E-state index contributed by atoms with van der Waals surface area (Å²) in [7, 11) is -3.51. The van der Waals surface area contributed by atoms with Crippen LogP contribution in [0.15, 0.2) is 71.6 Å². The Hall–Kier alpha value is -3.43. The number of allylic oxidation sites excluding steroid dienone is 1. The minimum Gasteiger partial charge on any atom is -0.508 e. The van der Waals surface area contributed by atoms with Gasteiger partial charge >= 0.3 is 0 Å². The number of halogens is 2. The van der Waals surface area contributed by atoms with Gasteiger partial charge in [-0.2, -0.15) is 0 Å². The monoisotopic (exact) mass is 543 g/mol. The lowest BCUT2D eigenvalue weighted by molar-refractivity contribution is 0.0668. The summed E-state index contributed by atoms with van der Waals surface area (Å²) >= 11 is 0. The van der Waals surface area contributed by atoms with E-state index >= 15 is 0 Å². The van der Waals surface area contributed by atoms with Crippen molar-refractivity contribution in [2.24, 2.45) is 5.92 Å². The highest BCUT2D eigenvalue weighted by Crippen LogP contribution is 2.39. The number of phenols is 1. The van der Waals surface area contributed by atoms with Crippen molar-refractivity contribution in [3.63, 3.8) is 0 Å². The van der Waals surface area contributed by atoms with Crippen LogP contribution >= 0.6 is 0 Å². The third-order valence-corrected chi connectivity index (χ3v) is 7.60. The maximum Gasteiger partial charge on any atom is 0.175 e. The second-order valence-corrected chi connectivity index (χ2v) is 11.5. The van der Waals surface area contributed by atoms with Crippen LogP contribution < -0.4 is 9.47 Å². The van der Waals surface area contributed by atoms with Crippen LogP contribution in [0, 0.1) is 11.7 Å². The first-order chi connectivity index (χ1) is 18.1. The number of para-hydroxylation sites is 1. The third-order valence-electron chi connectivity index (χ3n) is 6.51. The van der Waals surface area contributed by atoms with Gasteiger partial charge in [-0.3, -0.25) is 9.29 Å². The fourth-order valence-corrected chi connectivity index (χ4v) is 5.04. The first-order valence-electron chi connectivity index (χ1n) is 12.3. The average molecular weight is 544 g/mol. The Morgan fingerprint density at radius 2 is 1.82 bits per heavy atom. The molecule has 0 bridgehead atoms. The zero-order chi connectivity index (χ0) is 27.3. The maximum atomic E-state index is 13.8. The van der Waals surface area contributed by atoms with E-state index in [0.29, 0.717) is 29.1 Å². The van der Waals surface area contributed by atoms with Gasteiger partial charge in [0.2, 0.25) is 0 Å². The number of alkyl halides is 1. The van der Waals surface area contributed by atoms with Crippen molar-refractivity contribution in [2.75, 3.05) is 45.8 Å². The molecule has 202 valence electrons. The van der Waals surface area contributed by atoms with Gasteiger partial charge < -0.3 is 14.6 Å². The summed E-state index contributed by atoms with van der Waals surface area (Å²) in [5.41, 5.74) is 2.66. The molecule has 3 aromatic carbocycles. The fraction of sp³-hybridized carbons (Fsp3) is 0.310. The molecule has 5 rings (SSSR count). The molecule has 2 heterocycles. The molecule has 9 heteroatoms. The van der Waals surface area contributed by atoms with Crippen molar-refractivity contribution < 1.29 is 31.8 Å². The van der Waals surface area contributed by atoms with Crippen LogP contribution in [0.2, 0.25) is 0 Å². The van der Waals surface area contributed by atoms with Crippen molar-refractivity contribution in [3.05, 3.63) is 83.7 Å². The normalized spacial score (nSPS) is 15.6. The molecule has 1 N–H and O–H groups in total. The number of nitrogens with zero attached hydrogens (tertiary/aromatic N) is 1. The van der Waals surface area contributed by atoms with Crippen LogP contribution in [0.1, 0.15) is 18.1 Å². The van der Waals surface area contributed by atoms with Crippen LogP contribution in [0.25, 0.3) is 11.1 Å². The van der Waals surface area contributed by atoms with Gasteiger partial charge in [0.15, 0.2) is 9.84 Å². The molecule has 1 fully saturated rings. The number of aromatic hydroxyl groups is 1. The summed E-state index contributed by atoms with van der Waals surface area (Å²) in [6, 6.07) is 18.3. The number of sulfone groups is 1. The van der Waals surface area contributed by atoms with Crippen molar-refractivity contribution >= 4 is 21.0 Å². The van der Waals surface area contributed by atoms with Gasteiger partial charge in [0.05, 0.1) is 11.6 Å². The minimum absolute atomic E-state index is 0.0745. The Labute approximate surface area is 222 Å². The molecule has 38 heavy (non-hydrogen) atoms. The number of hydrogen-bond acceptors (Lipinski definition) is 6. The standard InChI is InChI=1S/C17H15FO4S.C12H16FNO/c1-10-15-8-13(19)3-4-17(15)22-9-16(10)11-5-12(18)7-14(6-11)23(2,20)21;13-8-11-9-14(10-11)6-7-15-12-4-2-1-3-5-12/h3-8,19H,9H2,1-2H3;1-5,11H,6-10H2. The van der Waals surface area contributed by atoms with E-state index in [1.54, 1.807) is 12.1 Å². The highest BCUT2D eigenvalue weighted by molar-refractivity contribution is 7.90. The van der Waals surface area contributed by atoms with Crippen LogP contribution in [0.5, 0.6) is 17.2 Å². The zero-order valence-electron chi connectivity index (χ0n) is 21.4. The lowest BCUT2D eigenvalue weighted by Crippen LogP contribution is -2.49. The molecule has 0 spiro atoms. The van der Waals surface area contributed by atoms with Gasteiger partial charge in [-0.15, -0.1) is 0 Å². The van der Waals surface area contributed by atoms with Gasteiger partial charge in [0.1, 0.15) is 36.3 Å². The van der Waals surface area contributed by atoms with Crippen molar-refractivity contribution in [1.29, 1.82) is 0 Å². The Morgan fingerprint density at radius 1 is 1.08 bits per heavy atom. The van der Waals surface area contributed by atoms with E-state index in [1.807, 2.05) is 37.3 Å². The Morgan fingerprint density at radius 3 is 2.50 bits per heavy atom. The lowest BCUT2D eigenvalue weighted by Gasteiger charge is -2.37. The van der Waals surface area contributed by atoms with Gasteiger partial charge in [-0.1, -0.05) is 18.2 Å². The molecule has 0 unspecified atom stereocenters. The van der Waals surface area contributed by atoms with Gasteiger partial charge in [0, 0.05) is 42.9 Å². The highest BCUT2D eigenvalue weighted by atomic mass is 32.2. The van der Waals surface area contributed by atoms with E-state index < -0.39 is 15.7 Å². The summed E-state index contributed by atoms with van der Waals surface area (Å²) in [6.07, 6.45) is 1.04. The Balaban J connectivity index is 0.000000194. The molecule has 3 aromatic rings. The van der Waals surface area contributed by atoms with Gasteiger partial charge in [-0.05, 0) is 66.6 Å². The van der Waals surface area contributed by atoms with E-state index in [2.05, 4.69) is 4.90 Å². The predicted octanol–water partition coefficient (Wildman–Crippen LogP) is 5.22. The summed E-state index contributed by atoms with van der Waals surface area (Å²) in [4.78, 5) is 2.14. The molecule has 2 aliphatic rings. The Bertz CT molecular complexity index is 1400. The minimum atomic E-state index is -3.51. The number of ether oxygens (including phenoxy) is 2. The topological polar surface area (TPSA) is 76.1 Å². The number of fused-ring (bicyclic) bond motifs is 1. The molecule has 0 aromatic heterocycles. The van der Waals surface area contributed by atoms with Crippen molar-refractivity contribution in [2.45, 2.75) is 11.8 Å². The molecule has 0 radical (unpaired) electrons. The second-order valence-electron chi connectivity index (χ2n) is 9.46. The van der Waals surface area contributed by atoms with E-state index in [0.717, 1.165) is 43.3 Å². The average Bonchev–Trinajstić information content (AvgIpc) is 2.86. The molecule has 6 nitrogen and oxygen atoms in total. The molecule has 0 saturated carbocycles. The quantitative estimate of drug-likeness (QED) is 0.440. The zero-order valence-corrected chi connectivity index (χ0v) is 22.2. The van der Waals surface area contributed by atoms with E-state index in [4.69, 9.17) is 9.47 Å². The molecule has 0 atom stereocenters. The van der Waals surface area contributed by atoms with E-state index in [9.17, 15) is 22.3 Å². The predicted molar refractivity (Wildman–Crippen MR) is 143 cm³/mol. The number of likely N-dealkylation sites (tertiary alicyclic amines) is 1. The summed E-state index contributed by atoms with van der Waals surface area (Å²) in [6.45, 7) is 5.20. The highest BCUT2D eigenvalue weighted by Gasteiger charge is 2.25. The summed E-state index contributed by atoms with van der Waals surface area (Å²) in [5, 5.41) is 9.64.